The fourth-order valence-corrected chi connectivity index (χ4v) is 3.98. The second-order valence-electron chi connectivity index (χ2n) is 6.78. The Hall–Kier alpha value is -2.60. The maximum atomic E-state index is 12.8. The van der Waals surface area contributed by atoms with Gasteiger partial charge in [0, 0.05) is 18.7 Å². The van der Waals surface area contributed by atoms with E-state index in [-0.39, 0.29) is 11.2 Å². The van der Waals surface area contributed by atoms with Crippen molar-refractivity contribution >= 4 is 17.7 Å². The van der Waals surface area contributed by atoms with E-state index in [1.54, 1.807) is 0 Å². The molecule has 0 N–H and O–H groups in total. The van der Waals surface area contributed by atoms with Crippen molar-refractivity contribution < 1.29 is 9.21 Å². The molecule has 1 aromatic heterocycles. The maximum absolute atomic E-state index is 12.8. The number of hydrogen-bond acceptors (Lipinski definition) is 5. The van der Waals surface area contributed by atoms with Gasteiger partial charge >= 0.3 is 0 Å². The Morgan fingerprint density at radius 3 is 2.63 bits per heavy atom. The molecule has 138 valence electrons. The molecule has 1 aliphatic heterocycles. The first-order valence-corrected chi connectivity index (χ1v) is 9.91. The van der Waals surface area contributed by atoms with Crippen LogP contribution in [0.3, 0.4) is 0 Å². The summed E-state index contributed by atoms with van der Waals surface area (Å²) in [6.07, 6.45) is 0.900. The summed E-state index contributed by atoms with van der Waals surface area (Å²) < 4.78 is 5.74. The third-order valence-corrected chi connectivity index (χ3v) is 5.69. The SMILES string of the molecule is Cc1ccc(-c2nnc(SC(C)C(=O)N3CCc4ccccc4C3)o2)cc1. The second-order valence-corrected chi connectivity index (χ2v) is 8.07. The van der Waals surface area contributed by atoms with Crippen LogP contribution in [0.25, 0.3) is 11.5 Å². The van der Waals surface area contributed by atoms with Crippen molar-refractivity contribution in [3.8, 4) is 11.5 Å². The van der Waals surface area contributed by atoms with Crippen LogP contribution in [-0.4, -0.2) is 32.8 Å². The fraction of sp³-hybridized carbons (Fsp3) is 0.286. The lowest BCUT2D eigenvalue weighted by atomic mass is 10.00. The van der Waals surface area contributed by atoms with E-state index in [4.69, 9.17) is 4.42 Å². The highest BCUT2D eigenvalue weighted by molar-refractivity contribution is 8.00. The number of nitrogens with zero attached hydrogens (tertiary/aromatic N) is 3. The van der Waals surface area contributed by atoms with E-state index < -0.39 is 0 Å². The minimum Gasteiger partial charge on any atom is -0.411 e. The Morgan fingerprint density at radius 2 is 1.85 bits per heavy atom. The monoisotopic (exact) mass is 379 g/mol. The van der Waals surface area contributed by atoms with Crippen LogP contribution in [0.4, 0.5) is 0 Å². The molecule has 0 saturated carbocycles. The zero-order valence-corrected chi connectivity index (χ0v) is 16.2. The first-order chi connectivity index (χ1) is 13.1. The third-order valence-electron chi connectivity index (χ3n) is 4.77. The van der Waals surface area contributed by atoms with Crippen molar-refractivity contribution in [2.75, 3.05) is 6.54 Å². The van der Waals surface area contributed by atoms with Crippen molar-refractivity contribution in [3.05, 3.63) is 65.2 Å². The van der Waals surface area contributed by atoms with E-state index in [2.05, 4.69) is 28.4 Å². The van der Waals surface area contributed by atoms with Crippen molar-refractivity contribution in [2.24, 2.45) is 0 Å². The summed E-state index contributed by atoms with van der Waals surface area (Å²) in [5.41, 5.74) is 4.62. The number of amides is 1. The van der Waals surface area contributed by atoms with E-state index >= 15 is 0 Å². The van der Waals surface area contributed by atoms with Gasteiger partial charge in [-0.25, -0.2) is 0 Å². The highest BCUT2D eigenvalue weighted by Crippen LogP contribution is 2.28. The van der Waals surface area contributed by atoms with Gasteiger partial charge in [0.05, 0.1) is 5.25 Å². The Kier molecular flexibility index (Phi) is 4.99. The number of aromatic nitrogens is 2. The number of carbonyl (C=O) groups excluding carboxylic acids is 1. The molecule has 4 rings (SSSR count). The number of thioether (sulfide) groups is 1. The van der Waals surface area contributed by atoms with Crippen LogP contribution in [-0.2, 0) is 17.8 Å². The number of carbonyl (C=O) groups is 1. The molecule has 27 heavy (non-hydrogen) atoms. The van der Waals surface area contributed by atoms with Crippen LogP contribution in [0.1, 0.15) is 23.6 Å². The average molecular weight is 379 g/mol. The van der Waals surface area contributed by atoms with Crippen molar-refractivity contribution in [1.82, 2.24) is 15.1 Å². The molecule has 1 aliphatic rings. The molecule has 3 aromatic rings. The van der Waals surface area contributed by atoms with Gasteiger partial charge in [0.15, 0.2) is 0 Å². The molecule has 0 saturated heterocycles. The van der Waals surface area contributed by atoms with Crippen LogP contribution in [0.5, 0.6) is 0 Å². The molecule has 0 spiro atoms. The molecule has 2 aromatic carbocycles. The molecular weight excluding hydrogens is 358 g/mol. The summed E-state index contributed by atoms with van der Waals surface area (Å²) in [5.74, 6) is 0.577. The summed E-state index contributed by atoms with van der Waals surface area (Å²) in [4.78, 5) is 14.8. The summed E-state index contributed by atoms with van der Waals surface area (Å²) in [6, 6.07) is 16.2. The van der Waals surface area contributed by atoms with Gasteiger partial charge in [0.1, 0.15) is 0 Å². The first-order valence-electron chi connectivity index (χ1n) is 9.03. The molecule has 1 unspecified atom stereocenters. The molecule has 0 radical (unpaired) electrons. The van der Waals surface area contributed by atoms with Gasteiger partial charge in [0.25, 0.3) is 5.22 Å². The van der Waals surface area contributed by atoms with E-state index in [0.29, 0.717) is 17.7 Å². The molecule has 0 fully saturated rings. The summed E-state index contributed by atoms with van der Waals surface area (Å²) in [5, 5.41) is 8.35. The topological polar surface area (TPSA) is 59.2 Å². The minimum absolute atomic E-state index is 0.101. The van der Waals surface area contributed by atoms with Gasteiger partial charge in [0.2, 0.25) is 11.8 Å². The van der Waals surface area contributed by atoms with Crippen molar-refractivity contribution in [1.29, 1.82) is 0 Å². The number of rotatable bonds is 4. The van der Waals surface area contributed by atoms with Gasteiger partial charge in [-0.05, 0) is 43.5 Å². The average Bonchev–Trinajstić information content (AvgIpc) is 3.16. The zero-order valence-electron chi connectivity index (χ0n) is 15.4. The van der Waals surface area contributed by atoms with Gasteiger partial charge in [-0.1, -0.05) is 53.7 Å². The van der Waals surface area contributed by atoms with E-state index in [1.807, 2.05) is 49.1 Å². The highest BCUT2D eigenvalue weighted by atomic mass is 32.2. The predicted octanol–water partition coefficient (Wildman–Crippen LogP) is 4.11. The Balaban J connectivity index is 1.41. The summed E-state index contributed by atoms with van der Waals surface area (Å²) >= 11 is 1.31. The Morgan fingerprint density at radius 1 is 1.11 bits per heavy atom. The quantitative estimate of drug-likeness (QED) is 0.639. The predicted molar refractivity (Wildman–Crippen MR) is 105 cm³/mol. The lowest BCUT2D eigenvalue weighted by Crippen LogP contribution is -2.40. The summed E-state index contributed by atoms with van der Waals surface area (Å²) in [6.45, 7) is 5.34. The van der Waals surface area contributed by atoms with E-state index in [0.717, 1.165) is 18.5 Å². The summed E-state index contributed by atoms with van der Waals surface area (Å²) in [7, 11) is 0. The lowest BCUT2D eigenvalue weighted by molar-refractivity contribution is -0.131. The molecule has 1 atom stereocenters. The Bertz CT molecular complexity index is 952. The molecule has 6 heteroatoms. The normalized spacial score (nSPS) is 14.7. The van der Waals surface area contributed by atoms with Crippen LogP contribution >= 0.6 is 11.8 Å². The van der Waals surface area contributed by atoms with Crippen molar-refractivity contribution in [2.45, 2.75) is 37.3 Å². The van der Waals surface area contributed by atoms with E-state index in [1.165, 1.54) is 28.5 Å². The molecule has 5 nitrogen and oxygen atoms in total. The zero-order chi connectivity index (χ0) is 18.8. The smallest absolute Gasteiger partial charge is 0.277 e. The maximum Gasteiger partial charge on any atom is 0.277 e. The standard InChI is InChI=1S/C21H21N3O2S/c1-14-7-9-17(10-8-14)19-22-23-21(26-19)27-15(2)20(25)24-12-11-16-5-3-4-6-18(16)13-24/h3-10,15H,11-13H2,1-2H3. The van der Waals surface area contributed by atoms with Gasteiger partial charge < -0.3 is 9.32 Å². The first kappa shape index (κ1) is 17.8. The number of fused-ring (bicyclic) bond motifs is 1. The van der Waals surface area contributed by atoms with Crippen LogP contribution < -0.4 is 0 Å². The lowest BCUT2D eigenvalue weighted by Gasteiger charge is -2.30. The molecule has 2 heterocycles. The fourth-order valence-electron chi connectivity index (χ4n) is 3.21. The molecular formula is C21H21N3O2S. The highest BCUT2D eigenvalue weighted by Gasteiger charge is 2.26. The second kappa shape index (κ2) is 7.56. The van der Waals surface area contributed by atoms with Gasteiger partial charge in [-0.15, -0.1) is 10.2 Å². The number of benzene rings is 2. The third kappa shape index (κ3) is 3.90. The van der Waals surface area contributed by atoms with E-state index in [9.17, 15) is 4.79 Å². The number of hydrogen-bond donors (Lipinski definition) is 0. The van der Waals surface area contributed by atoms with Gasteiger partial charge in [-0.3, -0.25) is 4.79 Å². The Labute approximate surface area is 162 Å². The molecule has 1 amide bonds. The van der Waals surface area contributed by atoms with Crippen molar-refractivity contribution in [3.63, 3.8) is 0 Å². The van der Waals surface area contributed by atoms with Gasteiger partial charge in [-0.2, -0.15) is 0 Å². The number of aryl methyl sites for hydroxylation is 1. The van der Waals surface area contributed by atoms with Crippen LogP contribution in [0.2, 0.25) is 0 Å². The minimum atomic E-state index is -0.276. The van der Waals surface area contributed by atoms with Crippen LogP contribution in [0, 0.1) is 6.92 Å². The van der Waals surface area contributed by atoms with Crippen LogP contribution in [0.15, 0.2) is 58.2 Å². The molecule has 0 bridgehead atoms. The largest absolute Gasteiger partial charge is 0.411 e. The molecule has 0 aliphatic carbocycles.